The fraction of sp³-hybridized carbons (Fsp3) is 0.444. The number of nitrogens with zero attached hydrogens (tertiary/aromatic N) is 3. The summed E-state index contributed by atoms with van der Waals surface area (Å²) in [5.74, 6) is 1.73. The maximum absolute atomic E-state index is 14.0. The molecule has 0 fully saturated rings. The van der Waals surface area contributed by atoms with Gasteiger partial charge in [-0.25, -0.2) is 14.4 Å². The lowest BCUT2D eigenvalue weighted by Crippen LogP contribution is -2.31. The van der Waals surface area contributed by atoms with Gasteiger partial charge in [-0.15, -0.1) is 0 Å². The number of rotatable bonds is 4. The summed E-state index contributed by atoms with van der Waals surface area (Å²) < 4.78 is 19.2. The minimum Gasteiger partial charge on any atom is -0.497 e. The van der Waals surface area contributed by atoms with Crippen molar-refractivity contribution in [2.75, 3.05) is 13.7 Å². The smallest absolute Gasteiger partial charge is 0.131 e. The lowest BCUT2D eigenvalue weighted by molar-refractivity contribution is 0.239. The highest BCUT2D eigenvalue weighted by atomic mass is 19.1. The number of benzene rings is 1. The van der Waals surface area contributed by atoms with Crippen LogP contribution in [0.1, 0.15) is 42.4 Å². The summed E-state index contributed by atoms with van der Waals surface area (Å²) in [6.45, 7) is 6.39. The van der Waals surface area contributed by atoms with E-state index in [0.717, 1.165) is 36.6 Å². The van der Waals surface area contributed by atoms with Gasteiger partial charge in [-0.2, -0.15) is 0 Å². The average Bonchev–Trinajstić information content (AvgIpc) is 2.56. The number of fused-ring (bicyclic) bond motifs is 1. The van der Waals surface area contributed by atoms with Crippen molar-refractivity contribution in [1.29, 1.82) is 0 Å². The van der Waals surface area contributed by atoms with Gasteiger partial charge >= 0.3 is 0 Å². The van der Waals surface area contributed by atoms with E-state index in [4.69, 9.17) is 4.74 Å². The Kier molecular flexibility index (Phi) is 4.57. The van der Waals surface area contributed by atoms with Crippen LogP contribution in [-0.2, 0) is 19.5 Å². The van der Waals surface area contributed by atoms with Crippen molar-refractivity contribution in [1.82, 2.24) is 14.9 Å². The van der Waals surface area contributed by atoms with E-state index in [2.05, 4.69) is 28.7 Å². The van der Waals surface area contributed by atoms with Gasteiger partial charge in [-0.3, -0.25) is 4.90 Å². The first kappa shape index (κ1) is 15.9. The number of methoxy groups -OCH3 is 1. The SMILES string of the molecule is COc1ccc(F)c(CN2CCc3nc(C(C)C)ncc3C2)c1. The van der Waals surface area contributed by atoms with Crippen LogP contribution in [0.15, 0.2) is 24.4 Å². The van der Waals surface area contributed by atoms with E-state index in [1.54, 1.807) is 19.2 Å². The zero-order chi connectivity index (χ0) is 16.4. The Hall–Kier alpha value is -2.01. The first-order valence-corrected chi connectivity index (χ1v) is 7.96. The molecule has 4 nitrogen and oxygen atoms in total. The van der Waals surface area contributed by atoms with Crippen molar-refractivity contribution in [2.45, 2.75) is 39.3 Å². The van der Waals surface area contributed by atoms with Crippen LogP contribution in [0.3, 0.4) is 0 Å². The van der Waals surface area contributed by atoms with Gasteiger partial charge in [0, 0.05) is 55.0 Å². The van der Waals surface area contributed by atoms with Crippen LogP contribution in [0.5, 0.6) is 5.75 Å². The third-order valence-electron chi connectivity index (χ3n) is 4.19. The van der Waals surface area contributed by atoms with Gasteiger partial charge in [-0.1, -0.05) is 13.8 Å². The van der Waals surface area contributed by atoms with Crippen molar-refractivity contribution in [3.05, 3.63) is 52.9 Å². The van der Waals surface area contributed by atoms with Crippen LogP contribution in [0.25, 0.3) is 0 Å². The number of hydrogen-bond donors (Lipinski definition) is 0. The molecule has 3 rings (SSSR count). The molecule has 1 aliphatic heterocycles. The second kappa shape index (κ2) is 6.62. The molecule has 0 radical (unpaired) electrons. The number of hydrogen-bond acceptors (Lipinski definition) is 4. The van der Waals surface area contributed by atoms with Gasteiger partial charge in [0.15, 0.2) is 0 Å². The molecule has 2 aromatic rings. The van der Waals surface area contributed by atoms with Crippen LogP contribution in [0.2, 0.25) is 0 Å². The lowest BCUT2D eigenvalue weighted by Gasteiger charge is -2.28. The Bertz CT molecular complexity index is 703. The molecule has 0 spiro atoms. The van der Waals surface area contributed by atoms with Gasteiger partial charge in [0.25, 0.3) is 0 Å². The standard InChI is InChI=1S/C18H22FN3O/c1-12(2)18-20-9-14-11-22(7-6-17(14)21-18)10-13-8-15(23-3)4-5-16(13)19/h4-5,8-9,12H,6-7,10-11H2,1-3H3. The summed E-state index contributed by atoms with van der Waals surface area (Å²) in [4.78, 5) is 11.3. The van der Waals surface area contributed by atoms with Crippen LogP contribution >= 0.6 is 0 Å². The molecule has 0 saturated heterocycles. The Labute approximate surface area is 136 Å². The van der Waals surface area contributed by atoms with E-state index < -0.39 is 0 Å². The molecular weight excluding hydrogens is 293 g/mol. The molecule has 0 aliphatic carbocycles. The zero-order valence-electron chi connectivity index (χ0n) is 13.8. The van der Waals surface area contributed by atoms with Crippen molar-refractivity contribution >= 4 is 0 Å². The van der Waals surface area contributed by atoms with Gasteiger partial charge in [0.1, 0.15) is 17.4 Å². The predicted molar refractivity (Wildman–Crippen MR) is 86.9 cm³/mol. The van der Waals surface area contributed by atoms with E-state index >= 15 is 0 Å². The highest BCUT2D eigenvalue weighted by molar-refractivity contribution is 5.30. The Morgan fingerprint density at radius 3 is 2.91 bits per heavy atom. The van der Waals surface area contributed by atoms with E-state index in [0.29, 0.717) is 23.8 Å². The average molecular weight is 315 g/mol. The minimum atomic E-state index is -0.192. The van der Waals surface area contributed by atoms with E-state index in [9.17, 15) is 4.39 Å². The van der Waals surface area contributed by atoms with E-state index in [-0.39, 0.29) is 5.82 Å². The Balaban J connectivity index is 1.75. The van der Waals surface area contributed by atoms with E-state index in [1.807, 2.05) is 6.20 Å². The first-order chi connectivity index (χ1) is 11.1. The minimum absolute atomic E-state index is 0.192. The summed E-state index contributed by atoms with van der Waals surface area (Å²) in [6, 6.07) is 4.87. The molecule has 0 amide bonds. The Morgan fingerprint density at radius 2 is 2.17 bits per heavy atom. The summed E-state index contributed by atoms with van der Waals surface area (Å²) in [5.41, 5.74) is 2.93. The number of halogens is 1. The van der Waals surface area contributed by atoms with Crippen LogP contribution in [-0.4, -0.2) is 28.5 Å². The fourth-order valence-electron chi connectivity index (χ4n) is 2.84. The highest BCUT2D eigenvalue weighted by Gasteiger charge is 2.20. The Morgan fingerprint density at radius 1 is 1.35 bits per heavy atom. The molecule has 0 N–H and O–H groups in total. The molecule has 1 aliphatic rings. The molecule has 0 bridgehead atoms. The van der Waals surface area contributed by atoms with Crippen molar-refractivity contribution in [3.8, 4) is 5.75 Å². The summed E-state index contributed by atoms with van der Waals surface area (Å²) in [7, 11) is 1.60. The molecular formula is C18H22FN3O. The number of ether oxygens (including phenoxy) is 1. The quantitative estimate of drug-likeness (QED) is 0.867. The van der Waals surface area contributed by atoms with Gasteiger partial charge in [0.05, 0.1) is 7.11 Å². The monoisotopic (exact) mass is 315 g/mol. The summed E-state index contributed by atoms with van der Waals surface area (Å²) in [5, 5.41) is 0. The summed E-state index contributed by atoms with van der Waals surface area (Å²) in [6.07, 6.45) is 2.80. The third-order valence-corrected chi connectivity index (χ3v) is 4.19. The normalized spacial score (nSPS) is 14.8. The first-order valence-electron chi connectivity index (χ1n) is 7.96. The van der Waals surface area contributed by atoms with Crippen molar-refractivity contribution in [2.24, 2.45) is 0 Å². The van der Waals surface area contributed by atoms with Crippen LogP contribution < -0.4 is 4.74 Å². The fourth-order valence-corrected chi connectivity index (χ4v) is 2.84. The molecule has 1 aromatic heterocycles. The maximum atomic E-state index is 14.0. The van der Waals surface area contributed by atoms with Gasteiger partial charge in [0.2, 0.25) is 0 Å². The molecule has 0 atom stereocenters. The molecule has 1 aromatic carbocycles. The molecule has 0 saturated carbocycles. The zero-order valence-corrected chi connectivity index (χ0v) is 13.8. The van der Waals surface area contributed by atoms with Gasteiger partial charge < -0.3 is 4.74 Å². The predicted octanol–water partition coefficient (Wildman–Crippen LogP) is 3.31. The van der Waals surface area contributed by atoms with Gasteiger partial charge in [-0.05, 0) is 18.2 Å². The molecule has 5 heteroatoms. The van der Waals surface area contributed by atoms with Crippen molar-refractivity contribution < 1.29 is 9.13 Å². The second-order valence-electron chi connectivity index (χ2n) is 6.27. The molecule has 2 heterocycles. The van der Waals surface area contributed by atoms with E-state index in [1.165, 1.54) is 6.07 Å². The number of aromatic nitrogens is 2. The largest absolute Gasteiger partial charge is 0.497 e. The second-order valence-corrected chi connectivity index (χ2v) is 6.27. The molecule has 122 valence electrons. The van der Waals surface area contributed by atoms with Crippen molar-refractivity contribution in [3.63, 3.8) is 0 Å². The van der Waals surface area contributed by atoms with Crippen LogP contribution in [0, 0.1) is 5.82 Å². The highest BCUT2D eigenvalue weighted by Crippen LogP contribution is 2.23. The topological polar surface area (TPSA) is 38.2 Å². The lowest BCUT2D eigenvalue weighted by atomic mass is 10.1. The van der Waals surface area contributed by atoms with Crippen LogP contribution in [0.4, 0.5) is 4.39 Å². The third kappa shape index (κ3) is 3.50. The molecule has 23 heavy (non-hydrogen) atoms. The maximum Gasteiger partial charge on any atom is 0.131 e. The summed E-state index contributed by atoms with van der Waals surface area (Å²) >= 11 is 0. The molecule has 0 unspecified atom stereocenters.